The van der Waals surface area contributed by atoms with Crippen molar-refractivity contribution in [2.75, 3.05) is 16.6 Å². The molecule has 7 nitrogen and oxygen atoms in total. The van der Waals surface area contributed by atoms with E-state index in [2.05, 4.69) is 15.4 Å². The Kier molecular flexibility index (Phi) is 8.48. The molecule has 0 heterocycles. The Morgan fingerprint density at radius 1 is 0.943 bits per heavy atom. The molecule has 0 atom stereocenters. The molecule has 0 saturated carbocycles. The van der Waals surface area contributed by atoms with Gasteiger partial charge in [0.05, 0.1) is 11.5 Å². The van der Waals surface area contributed by atoms with Gasteiger partial charge in [-0.2, -0.15) is 0 Å². The number of hydrogen-bond acceptors (Lipinski definition) is 5. The highest BCUT2D eigenvalue weighted by Crippen LogP contribution is 2.20. The first-order valence-electron chi connectivity index (χ1n) is 11.1. The van der Waals surface area contributed by atoms with Gasteiger partial charge in [0.25, 0.3) is 15.9 Å². The first-order valence-corrected chi connectivity index (χ1v) is 13.0. The van der Waals surface area contributed by atoms with Gasteiger partial charge < -0.3 is 10.1 Å². The summed E-state index contributed by atoms with van der Waals surface area (Å²) in [6.07, 6.45) is 0. The maximum absolute atomic E-state index is 12.7. The van der Waals surface area contributed by atoms with E-state index in [0.717, 1.165) is 11.1 Å². The van der Waals surface area contributed by atoms with Gasteiger partial charge in [0, 0.05) is 16.9 Å². The monoisotopic (exact) mass is 511 g/mol. The van der Waals surface area contributed by atoms with Gasteiger partial charge in [-0.25, -0.2) is 8.42 Å². The van der Waals surface area contributed by atoms with E-state index >= 15 is 0 Å². The minimum atomic E-state index is -3.75. The van der Waals surface area contributed by atoms with Crippen LogP contribution < -0.4 is 20.1 Å². The number of amides is 1. The molecule has 0 aromatic heterocycles. The maximum atomic E-state index is 12.7. The van der Waals surface area contributed by atoms with E-state index in [1.165, 1.54) is 12.1 Å². The zero-order valence-electron chi connectivity index (χ0n) is 20.1. The molecule has 0 saturated heterocycles. The van der Waals surface area contributed by atoms with Crippen LogP contribution in [0.4, 0.5) is 11.4 Å². The third-order valence-electron chi connectivity index (χ3n) is 4.80. The first-order chi connectivity index (χ1) is 16.5. The van der Waals surface area contributed by atoms with Crippen molar-refractivity contribution in [2.24, 2.45) is 5.92 Å². The van der Waals surface area contributed by atoms with E-state index in [-0.39, 0.29) is 15.9 Å². The highest BCUT2D eigenvalue weighted by atomic mass is 32.2. The van der Waals surface area contributed by atoms with Crippen LogP contribution in [0.2, 0.25) is 0 Å². The molecule has 35 heavy (non-hydrogen) atoms. The first kappa shape index (κ1) is 26.2. The number of thiocarbonyl (C=S) groups is 1. The quantitative estimate of drug-likeness (QED) is 0.357. The Hall–Kier alpha value is -3.43. The second-order valence-corrected chi connectivity index (χ2v) is 10.7. The van der Waals surface area contributed by atoms with Crippen molar-refractivity contribution in [3.8, 4) is 5.75 Å². The molecule has 3 aromatic rings. The Labute approximate surface area is 212 Å². The van der Waals surface area contributed by atoms with Crippen LogP contribution in [-0.4, -0.2) is 26.0 Å². The molecule has 0 radical (unpaired) electrons. The molecule has 0 fully saturated rings. The molecule has 0 spiro atoms. The predicted octanol–water partition coefficient (Wildman–Crippen LogP) is 5.27. The number of benzene rings is 3. The molecule has 184 valence electrons. The molecule has 3 aromatic carbocycles. The van der Waals surface area contributed by atoms with Crippen molar-refractivity contribution >= 4 is 44.6 Å². The Morgan fingerprint density at radius 2 is 1.60 bits per heavy atom. The van der Waals surface area contributed by atoms with Gasteiger partial charge in [-0.1, -0.05) is 26.0 Å². The number of nitrogens with one attached hydrogen (secondary N) is 3. The number of ether oxygens (including phenoxy) is 1. The van der Waals surface area contributed by atoms with Crippen molar-refractivity contribution < 1.29 is 17.9 Å². The third kappa shape index (κ3) is 7.80. The van der Waals surface area contributed by atoms with E-state index in [1.807, 2.05) is 33.8 Å². The van der Waals surface area contributed by atoms with Crippen molar-refractivity contribution in [1.29, 1.82) is 0 Å². The van der Waals surface area contributed by atoms with Crippen molar-refractivity contribution in [2.45, 2.75) is 32.6 Å². The van der Waals surface area contributed by atoms with E-state index in [4.69, 9.17) is 17.0 Å². The lowest BCUT2D eigenvalue weighted by atomic mass is 10.1. The average molecular weight is 512 g/mol. The van der Waals surface area contributed by atoms with E-state index in [1.54, 1.807) is 48.5 Å². The fourth-order valence-electron chi connectivity index (χ4n) is 3.29. The summed E-state index contributed by atoms with van der Waals surface area (Å²) >= 11 is 5.24. The molecule has 0 aliphatic heterocycles. The van der Waals surface area contributed by atoms with Gasteiger partial charge in [-0.15, -0.1) is 0 Å². The van der Waals surface area contributed by atoms with Gasteiger partial charge in [-0.3, -0.25) is 14.8 Å². The predicted molar refractivity (Wildman–Crippen MR) is 144 cm³/mol. The van der Waals surface area contributed by atoms with E-state index < -0.39 is 10.0 Å². The van der Waals surface area contributed by atoms with Crippen LogP contribution in [0.15, 0.2) is 71.6 Å². The fraction of sp³-hybridized carbons (Fsp3) is 0.231. The average Bonchev–Trinajstić information content (AvgIpc) is 2.77. The van der Waals surface area contributed by atoms with Crippen molar-refractivity contribution in [3.05, 3.63) is 83.4 Å². The van der Waals surface area contributed by atoms with Crippen LogP contribution in [0.25, 0.3) is 0 Å². The molecule has 0 aliphatic carbocycles. The number of sulfonamides is 1. The summed E-state index contributed by atoms with van der Waals surface area (Å²) in [6.45, 7) is 8.46. The lowest BCUT2D eigenvalue weighted by Crippen LogP contribution is -2.34. The van der Waals surface area contributed by atoms with Crippen LogP contribution >= 0.6 is 12.2 Å². The SMILES string of the molecule is Cc1cc(C)cc(NS(=O)(=O)c2ccc(NC(=S)NC(=O)c3cccc(OCC(C)C)c3)cc2)c1. The molecule has 0 aliphatic rings. The van der Waals surface area contributed by atoms with Crippen LogP contribution in [0, 0.1) is 19.8 Å². The summed E-state index contributed by atoms with van der Waals surface area (Å²) in [4.78, 5) is 12.7. The second-order valence-electron chi connectivity index (χ2n) is 8.65. The van der Waals surface area contributed by atoms with Crippen LogP contribution in [0.5, 0.6) is 5.75 Å². The van der Waals surface area contributed by atoms with Gasteiger partial charge >= 0.3 is 0 Å². The van der Waals surface area contributed by atoms with Gasteiger partial charge in [0.15, 0.2) is 5.11 Å². The van der Waals surface area contributed by atoms with E-state index in [9.17, 15) is 13.2 Å². The summed E-state index contributed by atoms with van der Waals surface area (Å²) in [5.41, 5.74) is 3.39. The minimum absolute atomic E-state index is 0.0902. The summed E-state index contributed by atoms with van der Waals surface area (Å²) in [5.74, 6) is 0.596. The second kappa shape index (κ2) is 11.3. The molecule has 0 unspecified atom stereocenters. The fourth-order valence-corrected chi connectivity index (χ4v) is 4.54. The minimum Gasteiger partial charge on any atom is -0.493 e. The van der Waals surface area contributed by atoms with Gasteiger partial charge in [0.2, 0.25) is 0 Å². The highest BCUT2D eigenvalue weighted by Gasteiger charge is 2.15. The molecular weight excluding hydrogens is 482 g/mol. The smallest absolute Gasteiger partial charge is 0.261 e. The van der Waals surface area contributed by atoms with Crippen molar-refractivity contribution in [1.82, 2.24) is 5.32 Å². The molecule has 9 heteroatoms. The standard InChI is InChI=1S/C26H29N3O4S2/c1-17(2)16-33-23-7-5-6-20(15-23)25(30)28-26(34)27-21-8-10-24(11-9-21)35(31,32)29-22-13-18(3)12-19(4)14-22/h5-15,17,29H,16H2,1-4H3,(H2,27,28,30,34). The highest BCUT2D eigenvalue weighted by molar-refractivity contribution is 7.92. The van der Waals surface area contributed by atoms with Gasteiger partial charge in [0.1, 0.15) is 5.75 Å². The Morgan fingerprint density at radius 3 is 2.23 bits per heavy atom. The number of hydrogen-bond donors (Lipinski definition) is 3. The van der Waals surface area contributed by atoms with Gasteiger partial charge in [-0.05, 0) is 97.7 Å². The molecule has 3 N–H and O–H groups in total. The van der Waals surface area contributed by atoms with E-state index in [0.29, 0.717) is 35.2 Å². The third-order valence-corrected chi connectivity index (χ3v) is 6.40. The Bertz CT molecular complexity index is 1300. The molecular formula is C26H29N3O4S2. The summed E-state index contributed by atoms with van der Waals surface area (Å²) in [7, 11) is -3.75. The summed E-state index contributed by atoms with van der Waals surface area (Å²) in [5, 5.41) is 5.60. The lowest BCUT2D eigenvalue weighted by Gasteiger charge is -2.13. The normalized spacial score (nSPS) is 11.1. The number of carbonyl (C=O) groups excluding carboxylic acids is 1. The number of anilines is 2. The summed E-state index contributed by atoms with van der Waals surface area (Å²) < 4.78 is 33.8. The molecule has 3 rings (SSSR count). The number of rotatable bonds is 8. The maximum Gasteiger partial charge on any atom is 0.261 e. The van der Waals surface area contributed by atoms with Crippen LogP contribution in [0.3, 0.4) is 0 Å². The topological polar surface area (TPSA) is 96.5 Å². The van der Waals surface area contributed by atoms with Crippen LogP contribution in [0.1, 0.15) is 35.3 Å². The number of carbonyl (C=O) groups is 1. The van der Waals surface area contributed by atoms with Crippen LogP contribution in [-0.2, 0) is 10.0 Å². The molecule has 1 amide bonds. The largest absolute Gasteiger partial charge is 0.493 e. The zero-order valence-corrected chi connectivity index (χ0v) is 21.7. The summed E-state index contributed by atoms with van der Waals surface area (Å²) in [6, 6.07) is 18.5. The lowest BCUT2D eigenvalue weighted by molar-refractivity contribution is 0.0977. The van der Waals surface area contributed by atoms with Crippen molar-refractivity contribution in [3.63, 3.8) is 0 Å². The Balaban J connectivity index is 1.60. The zero-order chi connectivity index (χ0) is 25.6. The molecule has 0 bridgehead atoms. The number of aryl methyl sites for hydroxylation is 2.